The summed E-state index contributed by atoms with van der Waals surface area (Å²) in [5.41, 5.74) is 0.932. The Kier molecular flexibility index (Phi) is 6.26. The van der Waals surface area contributed by atoms with Crippen LogP contribution < -0.4 is 15.5 Å². The van der Waals surface area contributed by atoms with E-state index < -0.39 is 0 Å². The number of nitrogens with one attached hydrogen (secondary N) is 2. The lowest BCUT2D eigenvalue weighted by molar-refractivity contribution is 0.376. The van der Waals surface area contributed by atoms with Crippen LogP contribution in [0.25, 0.3) is 0 Å². The van der Waals surface area contributed by atoms with E-state index >= 15 is 0 Å². The van der Waals surface area contributed by atoms with Crippen molar-refractivity contribution in [1.82, 2.24) is 20.8 Å². The first-order valence-electron chi connectivity index (χ1n) is 9.42. The highest BCUT2D eigenvalue weighted by Crippen LogP contribution is 2.20. The molecule has 1 atom stereocenters. The summed E-state index contributed by atoms with van der Waals surface area (Å²) >= 11 is 0. The second kappa shape index (κ2) is 8.83. The smallest absolute Gasteiger partial charge is 0.191 e. The number of hydrogen-bond donors (Lipinski definition) is 2. The van der Waals surface area contributed by atoms with E-state index in [1.54, 1.807) is 12.3 Å². The van der Waals surface area contributed by atoms with E-state index in [0.29, 0.717) is 30.8 Å². The molecule has 1 saturated heterocycles. The number of pyridine rings is 1. The highest BCUT2D eigenvalue weighted by molar-refractivity contribution is 5.80. The first-order chi connectivity index (χ1) is 13.1. The highest BCUT2D eigenvalue weighted by atomic mass is 19.1. The van der Waals surface area contributed by atoms with Crippen molar-refractivity contribution < 1.29 is 8.91 Å². The van der Waals surface area contributed by atoms with Gasteiger partial charge in [-0.25, -0.2) is 14.4 Å². The van der Waals surface area contributed by atoms with Crippen LogP contribution in [0.5, 0.6) is 0 Å². The summed E-state index contributed by atoms with van der Waals surface area (Å²) < 4.78 is 19.3. The van der Waals surface area contributed by atoms with Gasteiger partial charge in [-0.05, 0) is 31.4 Å². The first kappa shape index (κ1) is 19.1. The van der Waals surface area contributed by atoms with Crippen molar-refractivity contribution in [2.24, 2.45) is 4.99 Å². The molecule has 0 aliphatic carbocycles. The fourth-order valence-corrected chi connectivity index (χ4v) is 3.03. The largest absolute Gasteiger partial charge is 0.359 e. The number of rotatable bonds is 6. The van der Waals surface area contributed by atoms with E-state index in [2.05, 4.69) is 39.6 Å². The number of nitrogens with zero attached hydrogens (tertiary/aromatic N) is 4. The number of aromatic nitrogens is 2. The molecule has 27 heavy (non-hydrogen) atoms. The topological polar surface area (TPSA) is 78.6 Å². The van der Waals surface area contributed by atoms with Gasteiger partial charge >= 0.3 is 0 Å². The van der Waals surface area contributed by atoms with Gasteiger partial charge in [0.05, 0.1) is 5.69 Å². The standard InChI is InChI=1S/C19H27FN6O/c1-4-21-19(23-11-15-10-17(13(2)3)25-27-15)24-14-7-9-26(12-14)18-16(20)6-5-8-22-18/h5-6,8,10,13-14H,4,7,9,11-12H2,1-3H3,(H2,21,23,24). The van der Waals surface area contributed by atoms with Gasteiger partial charge < -0.3 is 20.1 Å². The third kappa shape index (κ3) is 4.96. The Morgan fingerprint density at radius 3 is 3.04 bits per heavy atom. The Morgan fingerprint density at radius 2 is 2.33 bits per heavy atom. The van der Waals surface area contributed by atoms with Crippen LogP contribution in [0.3, 0.4) is 0 Å². The molecule has 0 radical (unpaired) electrons. The van der Waals surface area contributed by atoms with Crippen molar-refractivity contribution in [1.29, 1.82) is 0 Å². The van der Waals surface area contributed by atoms with Crippen LogP contribution in [0.15, 0.2) is 33.9 Å². The van der Waals surface area contributed by atoms with E-state index in [4.69, 9.17) is 4.52 Å². The molecule has 0 amide bonds. The molecule has 1 aliphatic rings. The molecule has 7 nitrogen and oxygen atoms in total. The molecule has 1 aliphatic heterocycles. The number of halogens is 1. The summed E-state index contributed by atoms with van der Waals surface area (Å²) in [6, 6.07) is 5.16. The van der Waals surface area contributed by atoms with Gasteiger partial charge in [-0.15, -0.1) is 0 Å². The second-order valence-corrected chi connectivity index (χ2v) is 6.95. The van der Waals surface area contributed by atoms with Crippen LogP contribution in [0.4, 0.5) is 10.2 Å². The average molecular weight is 374 g/mol. The van der Waals surface area contributed by atoms with E-state index in [1.807, 2.05) is 17.9 Å². The fraction of sp³-hybridized carbons (Fsp3) is 0.526. The minimum atomic E-state index is -0.287. The predicted octanol–water partition coefficient (Wildman–Crippen LogP) is 2.67. The maximum Gasteiger partial charge on any atom is 0.191 e. The summed E-state index contributed by atoms with van der Waals surface area (Å²) in [5.74, 6) is 1.90. The van der Waals surface area contributed by atoms with E-state index in [0.717, 1.165) is 31.0 Å². The summed E-state index contributed by atoms with van der Waals surface area (Å²) in [6.45, 7) is 8.78. The van der Waals surface area contributed by atoms with Crippen LogP contribution in [0.1, 0.15) is 44.6 Å². The van der Waals surface area contributed by atoms with Gasteiger partial charge in [0.25, 0.3) is 0 Å². The molecule has 0 spiro atoms. The Hall–Kier alpha value is -2.64. The average Bonchev–Trinajstić information content (AvgIpc) is 3.30. The van der Waals surface area contributed by atoms with Crippen molar-refractivity contribution >= 4 is 11.8 Å². The van der Waals surface area contributed by atoms with Crippen molar-refractivity contribution in [3.63, 3.8) is 0 Å². The lowest BCUT2D eigenvalue weighted by Crippen LogP contribution is -2.44. The molecule has 0 saturated carbocycles. The lowest BCUT2D eigenvalue weighted by atomic mass is 10.1. The quantitative estimate of drug-likeness (QED) is 0.598. The number of guanidine groups is 1. The van der Waals surface area contributed by atoms with E-state index in [9.17, 15) is 4.39 Å². The molecule has 146 valence electrons. The van der Waals surface area contributed by atoms with Crippen LogP contribution in [0, 0.1) is 5.82 Å². The second-order valence-electron chi connectivity index (χ2n) is 6.95. The summed E-state index contributed by atoms with van der Waals surface area (Å²) in [5, 5.41) is 10.7. The van der Waals surface area contributed by atoms with Gasteiger partial charge in [-0.1, -0.05) is 19.0 Å². The monoisotopic (exact) mass is 374 g/mol. The van der Waals surface area contributed by atoms with Gasteiger partial charge in [-0.3, -0.25) is 0 Å². The molecule has 1 fully saturated rings. The first-order valence-corrected chi connectivity index (χ1v) is 9.42. The summed E-state index contributed by atoms with van der Waals surface area (Å²) in [6.07, 6.45) is 2.51. The van der Waals surface area contributed by atoms with Crippen LogP contribution in [0.2, 0.25) is 0 Å². The number of hydrogen-bond acceptors (Lipinski definition) is 5. The Labute approximate surface area is 159 Å². The minimum absolute atomic E-state index is 0.171. The van der Waals surface area contributed by atoms with Gasteiger partial charge in [0, 0.05) is 37.9 Å². The zero-order chi connectivity index (χ0) is 19.2. The zero-order valence-corrected chi connectivity index (χ0v) is 16.1. The maximum absolute atomic E-state index is 13.9. The third-order valence-electron chi connectivity index (χ3n) is 4.47. The third-order valence-corrected chi connectivity index (χ3v) is 4.47. The molecule has 2 aromatic rings. The van der Waals surface area contributed by atoms with Gasteiger partial charge in [0.15, 0.2) is 23.4 Å². The minimum Gasteiger partial charge on any atom is -0.359 e. The molecule has 0 aromatic carbocycles. The lowest BCUT2D eigenvalue weighted by Gasteiger charge is -2.19. The van der Waals surface area contributed by atoms with Crippen LogP contribution >= 0.6 is 0 Å². The molecule has 2 aromatic heterocycles. The van der Waals surface area contributed by atoms with E-state index in [1.165, 1.54) is 6.07 Å². The van der Waals surface area contributed by atoms with Gasteiger partial charge in [0.1, 0.15) is 6.54 Å². The summed E-state index contributed by atoms with van der Waals surface area (Å²) in [4.78, 5) is 10.7. The summed E-state index contributed by atoms with van der Waals surface area (Å²) in [7, 11) is 0. The molecule has 1 unspecified atom stereocenters. The molecular weight excluding hydrogens is 347 g/mol. The van der Waals surface area contributed by atoms with Crippen molar-refractivity contribution in [2.45, 2.75) is 45.7 Å². The molecule has 3 rings (SSSR count). The Morgan fingerprint density at radius 1 is 1.48 bits per heavy atom. The predicted molar refractivity (Wildman–Crippen MR) is 103 cm³/mol. The SMILES string of the molecule is CCNC(=NCc1cc(C(C)C)no1)NC1CCN(c2ncccc2F)C1. The molecule has 8 heteroatoms. The van der Waals surface area contributed by atoms with Crippen molar-refractivity contribution in [3.8, 4) is 0 Å². The molecule has 0 bridgehead atoms. The van der Waals surface area contributed by atoms with Crippen molar-refractivity contribution in [3.05, 3.63) is 41.7 Å². The maximum atomic E-state index is 13.9. The van der Waals surface area contributed by atoms with Crippen LogP contribution in [-0.2, 0) is 6.54 Å². The van der Waals surface area contributed by atoms with Gasteiger partial charge in [-0.2, -0.15) is 0 Å². The number of anilines is 1. The highest BCUT2D eigenvalue weighted by Gasteiger charge is 2.26. The Bertz CT molecular complexity index is 775. The molecule has 2 N–H and O–H groups in total. The number of aliphatic imine (C=N–C) groups is 1. The zero-order valence-electron chi connectivity index (χ0n) is 16.1. The molecule has 3 heterocycles. The van der Waals surface area contributed by atoms with E-state index in [-0.39, 0.29) is 11.9 Å². The molecular formula is C19H27FN6O. The Balaban J connectivity index is 1.60. The van der Waals surface area contributed by atoms with Crippen LogP contribution in [-0.4, -0.2) is 41.8 Å². The van der Waals surface area contributed by atoms with Gasteiger partial charge in [0.2, 0.25) is 0 Å². The normalized spacial score (nSPS) is 17.6. The fourth-order valence-electron chi connectivity index (χ4n) is 3.03. The van der Waals surface area contributed by atoms with Crippen molar-refractivity contribution in [2.75, 3.05) is 24.5 Å².